The Morgan fingerprint density at radius 3 is 2.83 bits per heavy atom. The van der Waals surface area contributed by atoms with Crippen molar-refractivity contribution in [1.29, 1.82) is 0 Å². The number of halogens is 2. The Labute approximate surface area is 130 Å². The van der Waals surface area contributed by atoms with Crippen LogP contribution in [0.5, 0.6) is 0 Å². The van der Waals surface area contributed by atoms with Crippen molar-refractivity contribution < 1.29 is 4.74 Å². The normalized spacial score (nSPS) is 25.6. The van der Waals surface area contributed by atoms with Gasteiger partial charge < -0.3 is 10.1 Å². The Bertz CT molecular complexity index is 377. The van der Waals surface area contributed by atoms with Crippen LogP contribution in [0.4, 0.5) is 0 Å². The van der Waals surface area contributed by atoms with Crippen LogP contribution >= 0.6 is 43.2 Å². The second-order valence-corrected chi connectivity index (χ2v) is 7.99. The Balaban J connectivity index is 2.18. The third-order valence-corrected chi connectivity index (χ3v) is 6.79. The van der Waals surface area contributed by atoms with Gasteiger partial charge in [-0.25, -0.2) is 0 Å². The molecular weight excluding hydrogens is 378 g/mol. The van der Waals surface area contributed by atoms with E-state index >= 15 is 0 Å². The first-order valence-corrected chi connectivity index (χ1v) is 8.83. The van der Waals surface area contributed by atoms with E-state index in [9.17, 15) is 0 Å². The molecule has 0 saturated carbocycles. The van der Waals surface area contributed by atoms with Crippen molar-refractivity contribution in [3.63, 3.8) is 0 Å². The van der Waals surface area contributed by atoms with Crippen LogP contribution in [-0.4, -0.2) is 19.3 Å². The van der Waals surface area contributed by atoms with Crippen molar-refractivity contribution in [3.8, 4) is 0 Å². The summed E-state index contributed by atoms with van der Waals surface area (Å²) < 4.78 is 8.05. The molecule has 0 bridgehead atoms. The number of nitrogens with one attached hydrogen (secondary N) is 1. The number of hydrogen-bond donors (Lipinski definition) is 1. The molecule has 1 aromatic rings. The molecule has 0 radical (unpaired) electrons. The van der Waals surface area contributed by atoms with E-state index in [1.54, 1.807) is 0 Å². The fourth-order valence-electron chi connectivity index (χ4n) is 2.47. The van der Waals surface area contributed by atoms with E-state index in [-0.39, 0.29) is 0 Å². The summed E-state index contributed by atoms with van der Waals surface area (Å²) in [7, 11) is 0. The highest BCUT2D eigenvalue weighted by atomic mass is 79.9. The van der Waals surface area contributed by atoms with E-state index in [4.69, 9.17) is 4.74 Å². The summed E-state index contributed by atoms with van der Waals surface area (Å²) in [4.78, 5) is 1.39. The number of thiophene rings is 1. The van der Waals surface area contributed by atoms with Gasteiger partial charge in [0.05, 0.1) is 9.89 Å². The van der Waals surface area contributed by atoms with E-state index in [0.29, 0.717) is 18.1 Å². The maximum absolute atomic E-state index is 5.73. The van der Waals surface area contributed by atoms with Gasteiger partial charge in [0.2, 0.25) is 0 Å². The smallest absolute Gasteiger partial charge is 0.0843 e. The third-order valence-electron chi connectivity index (χ3n) is 3.45. The second-order valence-electron chi connectivity index (χ2n) is 4.73. The zero-order chi connectivity index (χ0) is 13.1. The minimum atomic E-state index is 0.346. The topological polar surface area (TPSA) is 21.3 Å². The standard InChI is InChI=1S/C13H19Br2NOS/c1-3-5-16-12(9-4-6-17-8(9)2)11-7-10(14)13(15)18-11/h7-9,12,16H,3-6H2,1-2H3. The predicted molar refractivity (Wildman–Crippen MR) is 84.3 cm³/mol. The lowest BCUT2D eigenvalue weighted by atomic mass is 9.92. The average Bonchev–Trinajstić information content (AvgIpc) is 2.88. The number of rotatable bonds is 5. The molecule has 18 heavy (non-hydrogen) atoms. The lowest BCUT2D eigenvalue weighted by molar-refractivity contribution is 0.0957. The molecule has 3 unspecified atom stereocenters. The van der Waals surface area contributed by atoms with E-state index in [1.165, 1.54) is 8.66 Å². The fraction of sp³-hybridized carbons (Fsp3) is 0.692. The molecule has 5 heteroatoms. The van der Waals surface area contributed by atoms with Crippen LogP contribution in [0.1, 0.15) is 37.6 Å². The third kappa shape index (κ3) is 3.37. The lowest BCUT2D eigenvalue weighted by Gasteiger charge is -2.26. The van der Waals surface area contributed by atoms with E-state index in [1.807, 2.05) is 11.3 Å². The first kappa shape index (κ1) is 15.0. The fourth-order valence-corrected chi connectivity index (χ4v) is 4.71. The minimum Gasteiger partial charge on any atom is -0.378 e. The zero-order valence-electron chi connectivity index (χ0n) is 10.7. The summed E-state index contributed by atoms with van der Waals surface area (Å²) in [6, 6.07) is 2.64. The number of ether oxygens (including phenoxy) is 1. The molecular formula is C13H19Br2NOS. The van der Waals surface area contributed by atoms with Gasteiger partial charge in [-0.2, -0.15) is 0 Å². The van der Waals surface area contributed by atoms with Gasteiger partial charge in [-0.15, -0.1) is 11.3 Å². The minimum absolute atomic E-state index is 0.346. The van der Waals surface area contributed by atoms with Crippen LogP contribution in [-0.2, 0) is 4.74 Å². The summed E-state index contributed by atoms with van der Waals surface area (Å²) in [6.45, 7) is 6.35. The molecule has 1 aliphatic heterocycles. The molecule has 1 aromatic heterocycles. The SMILES string of the molecule is CCCNC(c1cc(Br)c(Br)s1)C1CCOC1C. The summed E-state index contributed by atoms with van der Waals surface area (Å²) in [5.74, 6) is 0.578. The summed E-state index contributed by atoms with van der Waals surface area (Å²) in [5.41, 5.74) is 0. The van der Waals surface area contributed by atoms with E-state index < -0.39 is 0 Å². The highest BCUT2D eigenvalue weighted by Crippen LogP contribution is 2.41. The highest BCUT2D eigenvalue weighted by molar-refractivity contribution is 9.13. The van der Waals surface area contributed by atoms with Crippen LogP contribution < -0.4 is 5.32 Å². The molecule has 1 N–H and O–H groups in total. The van der Waals surface area contributed by atoms with E-state index in [2.05, 4.69) is 57.1 Å². The van der Waals surface area contributed by atoms with Crippen LogP contribution in [0.2, 0.25) is 0 Å². The highest BCUT2D eigenvalue weighted by Gasteiger charge is 2.33. The average molecular weight is 397 g/mol. The Hall–Kier alpha value is 0.580. The molecule has 1 aliphatic rings. The van der Waals surface area contributed by atoms with Crippen molar-refractivity contribution >= 4 is 43.2 Å². The van der Waals surface area contributed by atoms with Gasteiger partial charge in [-0.1, -0.05) is 6.92 Å². The van der Waals surface area contributed by atoms with Crippen LogP contribution in [0.25, 0.3) is 0 Å². The second kappa shape index (κ2) is 6.84. The molecule has 0 spiro atoms. The van der Waals surface area contributed by atoms with Crippen LogP contribution in [0.3, 0.4) is 0 Å². The molecule has 2 rings (SSSR count). The van der Waals surface area contributed by atoms with Crippen molar-refractivity contribution in [3.05, 3.63) is 19.2 Å². The maximum Gasteiger partial charge on any atom is 0.0843 e. The maximum atomic E-state index is 5.73. The Morgan fingerprint density at radius 2 is 2.33 bits per heavy atom. The molecule has 102 valence electrons. The molecule has 3 atom stereocenters. The van der Waals surface area contributed by atoms with Gasteiger partial charge in [0.1, 0.15) is 0 Å². The first-order valence-electron chi connectivity index (χ1n) is 6.43. The van der Waals surface area contributed by atoms with Gasteiger partial charge in [-0.05, 0) is 64.2 Å². The zero-order valence-corrected chi connectivity index (χ0v) is 14.7. The summed E-state index contributed by atoms with van der Waals surface area (Å²) in [5, 5.41) is 3.69. The molecule has 2 heterocycles. The first-order chi connectivity index (χ1) is 8.63. The van der Waals surface area contributed by atoms with Crippen molar-refractivity contribution in [1.82, 2.24) is 5.32 Å². The monoisotopic (exact) mass is 395 g/mol. The Morgan fingerprint density at radius 1 is 1.56 bits per heavy atom. The molecule has 0 aromatic carbocycles. The summed E-state index contributed by atoms with van der Waals surface area (Å²) in [6.07, 6.45) is 2.65. The lowest BCUT2D eigenvalue weighted by Crippen LogP contribution is -2.31. The van der Waals surface area contributed by atoms with Crippen molar-refractivity contribution in [2.75, 3.05) is 13.2 Å². The van der Waals surface area contributed by atoms with Gasteiger partial charge in [0.25, 0.3) is 0 Å². The molecule has 0 amide bonds. The summed E-state index contributed by atoms with van der Waals surface area (Å²) >= 11 is 8.98. The van der Waals surface area contributed by atoms with Gasteiger partial charge in [0.15, 0.2) is 0 Å². The Kier molecular flexibility index (Phi) is 5.69. The molecule has 2 nitrogen and oxygen atoms in total. The van der Waals surface area contributed by atoms with Gasteiger partial charge >= 0.3 is 0 Å². The van der Waals surface area contributed by atoms with Crippen molar-refractivity contribution in [2.45, 2.75) is 38.8 Å². The van der Waals surface area contributed by atoms with E-state index in [0.717, 1.165) is 30.5 Å². The molecule has 0 aliphatic carbocycles. The van der Waals surface area contributed by atoms with Gasteiger partial charge in [0, 0.05) is 27.9 Å². The molecule has 1 saturated heterocycles. The van der Waals surface area contributed by atoms with Crippen molar-refractivity contribution in [2.24, 2.45) is 5.92 Å². The van der Waals surface area contributed by atoms with Crippen LogP contribution in [0, 0.1) is 5.92 Å². The predicted octanol–water partition coefficient (Wildman–Crippen LogP) is 4.74. The number of hydrogen-bond acceptors (Lipinski definition) is 3. The van der Waals surface area contributed by atoms with Crippen LogP contribution in [0.15, 0.2) is 14.3 Å². The molecule has 1 fully saturated rings. The largest absolute Gasteiger partial charge is 0.378 e. The van der Waals surface area contributed by atoms with Gasteiger partial charge in [-0.3, -0.25) is 0 Å². The quantitative estimate of drug-likeness (QED) is 0.775.